The van der Waals surface area contributed by atoms with Crippen LogP contribution in [0.3, 0.4) is 0 Å². The highest BCUT2D eigenvalue weighted by atomic mass is 79.9. The minimum atomic E-state index is 0.901. The second-order valence-corrected chi connectivity index (χ2v) is 4.71. The van der Waals surface area contributed by atoms with E-state index in [9.17, 15) is 0 Å². The smallest absolute Gasteiger partial charge is 0.124 e. The maximum Gasteiger partial charge on any atom is 0.124 e. The molecule has 4 heteroatoms. The summed E-state index contributed by atoms with van der Waals surface area (Å²) in [6, 6.07) is 6.14. The van der Waals surface area contributed by atoms with Crippen molar-refractivity contribution in [3.63, 3.8) is 0 Å². The monoisotopic (exact) mass is 286 g/mol. The maximum atomic E-state index is 5.36. The van der Waals surface area contributed by atoms with Crippen molar-refractivity contribution in [3.05, 3.63) is 28.2 Å². The van der Waals surface area contributed by atoms with Gasteiger partial charge in [-0.3, -0.25) is 0 Å². The van der Waals surface area contributed by atoms with Crippen LogP contribution in [0.5, 0.6) is 5.75 Å². The molecule has 3 nitrogen and oxygen atoms in total. The first-order valence-corrected chi connectivity index (χ1v) is 6.12. The van der Waals surface area contributed by atoms with E-state index in [4.69, 9.17) is 4.74 Å². The van der Waals surface area contributed by atoms with E-state index in [2.05, 4.69) is 39.3 Å². The van der Waals surface area contributed by atoms with Gasteiger partial charge in [-0.25, -0.2) is 0 Å². The Balaban J connectivity index is 2.65. The van der Waals surface area contributed by atoms with E-state index in [1.165, 1.54) is 5.56 Å². The summed E-state index contributed by atoms with van der Waals surface area (Å²) in [5.74, 6) is 0.936. The Labute approximate surface area is 106 Å². The molecule has 0 aliphatic heterocycles. The molecule has 1 aromatic rings. The molecule has 1 aromatic carbocycles. The van der Waals surface area contributed by atoms with Crippen molar-refractivity contribution in [2.45, 2.75) is 6.54 Å². The molecule has 0 aromatic heterocycles. The van der Waals surface area contributed by atoms with Crippen LogP contribution < -0.4 is 10.1 Å². The topological polar surface area (TPSA) is 24.5 Å². The molecule has 0 saturated heterocycles. The number of methoxy groups -OCH3 is 1. The van der Waals surface area contributed by atoms with Crippen molar-refractivity contribution in [1.29, 1.82) is 0 Å². The Morgan fingerprint density at radius 3 is 2.81 bits per heavy atom. The molecule has 16 heavy (non-hydrogen) atoms. The quantitative estimate of drug-likeness (QED) is 0.867. The number of halogens is 1. The first kappa shape index (κ1) is 13.5. The largest absolute Gasteiger partial charge is 0.496 e. The Morgan fingerprint density at radius 1 is 1.44 bits per heavy atom. The van der Waals surface area contributed by atoms with Crippen molar-refractivity contribution in [2.75, 3.05) is 34.3 Å². The highest BCUT2D eigenvalue weighted by Gasteiger charge is 2.06. The summed E-state index contributed by atoms with van der Waals surface area (Å²) in [5, 5.41) is 3.14. The van der Waals surface area contributed by atoms with Crippen LogP contribution in [0.2, 0.25) is 0 Å². The van der Waals surface area contributed by atoms with Gasteiger partial charge >= 0.3 is 0 Å². The molecule has 0 fully saturated rings. The van der Waals surface area contributed by atoms with Crippen LogP contribution in [-0.2, 0) is 6.54 Å². The summed E-state index contributed by atoms with van der Waals surface area (Å²) < 4.78 is 6.41. The second-order valence-electron chi connectivity index (χ2n) is 3.80. The molecule has 0 heterocycles. The van der Waals surface area contributed by atoms with E-state index in [0.29, 0.717) is 0 Å². The molecule has 0 aliphatic rings. The molecule has 0 unspecified atom stereocenters. The average Bonchev–Trinajstić information content (AvgIpc) is 2.28. The van der Waals surface area contributed by atoms with Gasteiger partial charge in [-0.2, -0.15) is 0 Å². The summed E-state index contributed by atoms with van der Waals surface area (Å²) in [4.78, 5) is 2.27. The molecule has 0 atom stereocenters. The predicted molar refractivity (Wildman–Crippen MR) is 71.0 cm³/mol. The van der Waals surface area contributed by atoms with Gasteiger partial charge in [0.05, 0.1) is 7.11 Å². The van der Waals surface area contributed by atoms with Crippen LogP contribution in [0.4, 0.5) is 0 Å². The van der Waals surface area contributed by atoms with Crippen molar-refractivity contribution >= 4 is 15.9 Å². The molecule has 1 N–H and O–H groups in total. The molecule has 90 valence electrons. The Kier molecular flexibility index (Phi) is 5.80. The Hall–Kier alpha value is -0.580. The molecule has 0 bridgehead atoms. The van der Waals surface area contributed by atoms with Crippen LogP contribution in [0.15, 0.2) is 22.7 Å². The van der Waals surface area contributed by atoms with Crippen molar-refractivity contribution in [3.8, 4) is 5.75 Å². The first-order chi connectivity index (χ1) is 7.67. The summed E-state index contributed by atoms with van der Waals surface area (Å²) in [6.07, 6.45) is 0. The van der Waals surface area contributed by atoms with Gasteiger partial charge < -0.3 is 15.0 Å². The number of hydrogen-bond acceptors (Lipinski definition) is 3. The lowest BCUT2D eigenvalue weighted by atomic mass is 10.2. The zero-order valence-corrected chi connectivity index (χ0v) is 11.7. The van der Waals surface area contributed by atoms with Crippen LogP contribution in [0, 0.1) is 0 Å². The van der Waals surface area contributed by atoms with Gasteiger partial charge in [-0.1, -0.05) is 22.0 Å². The number of nitrogens with one attached hydrogen (secondary N) is 1. The third kappa shape index (κ3) is 4.12. The Bertz CT molecular complexity index is 331. The second kappa shape index (κ2) is 6.89. The van der Waals surface area contributed by atoms with E-state index in [1.807, 2.05) is 19.2 Å². The predicted octanol–water partition coefficient (Wildman–Crippen LogP) is 2.11. The van der Waals surface area contributed by atoms with Gasteiger partial charge in [-0.15, -0.1) is 0 Å². The fourth-order valence-electron chi connectivity index (χ4n) is 1.52. The van der Waals surface area contributed by atoms with E-state index in [-0.39, 0.29) is 0 Å². The van der Waals surface area contributed by atoms with Crippen LogP contribution in [0.1, 0.15) is 5.56 Å². The van der Waals surface area contributed by atoms with Gasteiger partial charge in [0.2, 0.25) is 0 Å². The number of hydrogen-bond donors (Lipinski definition) is 1. The van der Waals surface area contributed by atoms with Gasteiger partial charge in [0.1, 0.15) is 5.75 Å². The molecular formula is C12H19BrN2O. The summed E-state index contributed by atoms with van der Waals surface area (Å²) in [5.41, 5.74) is 1.21. The number of ether oxygens (including phenoxy) is 1. The molecule has 0 amide bonds. The van der Waals surface area contributed by atoms with Crippen molar-refractivity contribution < 1.29 is 4.74 Å². The van der Waals surface area contributed by atoms with Gasteiger partial charge in [0.25, 0.3) is 0 Å². The van der Waals surface area contributed by atoms with E-state index >= 15 is 0 Å². The van der Waals surface area contributed by atoms with Crippen LogP contribution in [0.25, 0.3) is 0 Å². The van der Waals surface area contributed by atoms with Crippen molar-refractivity contribution in [1.82, 2.24) is 10.2 Å². The lowest BCUT2D eigenvalue weighted by Crippen LogP contribution is -2.27. The van der Waals surface area contributed by atoms with E-state index < -0.39 is 0 Å². The Morgan fingerprint density at radius 2 is 2.19 bits per heavy atom. The molecule has 0 aliphatic carbocycles. The van der Waals surface area contributed by atoms with Crippen LogP contribution in [-0.4, -0.2) is 39.2 Å². The lowest BCUT2D eigenvalue weighted by molar-refractivity contribution is 0.318. The van der Waals surface area contributed by atoms with Gasteiger partial charge in [0, 0.05) is 29.7 Å². The normalized spacial score (nSPS) is 10.8. The molecule has 0 radical (unpaired) electrons. The zero-order valence-electron chi connectivity index (χ0n) is 10.1. The maximum absolute atomic E-state index is 5.36. The van der Waals surface area contributed by atoms with Gasteiger partial charge in [0.15, 0.2) is 0 Å². The third-order valence-electron chi connectivity index (χ3n) is 2.43. The zero-order chi connectivity index (χ0) is 12.0. The average molecular weight is 287 g/mol. The van der Waals surface area contributed by atoms with E-state index in [0.717, 1.165) is 29.9 Å². The highest BCUT2D eigenvalue weighted by Crippen LogP contribution is 2.24. The number of likely N-dealkylation sites (N-methyl/N-ethyl adjacent to an activating group) is 2. The minimum absolute atomic E-state index is 0.901. The van der Waals surface area contributed by atoms with Crippen LogP contribution >= 0.6 is 15.9 Å². The third-order valence-corrected chi connectivity index (χ3v) is 2.93. The van der Waals surface area contributed by atoms with Gasteiger partial charge in [-0.05, 0) is 26.2 Å². The minimum Gasteiger partial charge on any atom is -0.496 e. The fraction of sp³-hybridized carbons (Fsp3) is 0.500. The van der Waals surface area contributed by atoms with E-state index in [1.54, 1.807) is 7.11 Å². The highest BCUT2D eigenvalue weighted by molar-refractivity contribution is 9.10. The summed E-state index contributed by atoms with van der Waals surface area (Å²) in [7, 11) is 5.78. The number of nitrogens with zero attached hydrogens (tertiary/aromatic N) is 1. The standard InChI is InChI=1S/C12H19BrN2O/c1-14-6-7-15(2)9-10-4-5-11(13)8-12(10)16-3/h4-5,8,14H,6-7,9H2,1-3H3. The molecule has 0 spiro atoms. The molecular weight excluding hydrogens is 268 g/mol. The number of benzene rings is 1. The first-order valence-electron chi connectivity index (χ1n) is 5.33. The lowest BCUT2D eigenvalue weighted by Gasteiger charge is -2.18. The summed E-state index contributed by atoms with van der Waals surface area (Å²) in [6.45, 7) is 2.92. The molecule has 0 saturated carbocycles. The molecule has 1 rings (SSSR count). The fourth-order valence-corrected chi connectivity index (χ4v) is 1.86. The van der Waals surface area contributed by atoms with Crippen molar-refractivity contribution in [2.24, 2.45) is 0 Å². The summed E-state index contributed by atoms with van der Waals surface area (Å²) >= 11 is 3.44. The number of rotatable bonds is 6. The SMILES string of the molecule is CNCCN(C)Cc1ccc(Br)cc1OC.